The summed E-state index contributed by atoms with van der Waals surface area (Å²) in [5.74, 6) is 0.673. The van der Waals surface area contributed by atoms with Gasteiger partial charge in [-0.15, -0.1) is 10.2 Å². The molecule has 4 heterocycles. The number of rotatable bonds is 5. The quantitative estimate of drug-likeness (QED) is 0.540. The Morgan fingerprint density at radius 3 is 2.11 bits per heavy atom. The van der Waals surface area contributed by atoms with E-state index in [1.54, 1.807) is 39.7 Å². The molecule has 35 heavy (non-hydrogen) atoms. The summed E-state index contributed by atoms with van der Waals surface area (Å²) < 4.78 is 27.2. The highest BCUT2D eigenvalue weighted by molar-refractivity contribution is 7.89. The van der Waals surface area contributed by atoms with Crippen LogP contribution >= 0.6 is 0 Å². The molecule has 10 heteroatoms. The molecule has 2 fully saturated rings. The topological polar surface area (TPSA) is 99.6 Å². The highest BCUT2D eigenvalue weighted by Crippen LogP contribution is 2.22. The predicted octanol–water partition coefficient (Wildman–Crippen LogP) is 2.68. The van der Waals surface area contributed by atoms with Crippen LogP contribution in [0.4, 0.5) is 5.82 Å². The minimum absolute atomic E-state index is 0.0943. The standard InChI is InChI=1S/C25H28N6O3S/c32-25(20-7-9-21(10-8-20)35(33,34)31-14-4-1-5-15-31)30-18-16-29(17-19-30)24-12-11-23(27-28-24)22-6-2-3-13-26-22/h2-3,6-13H,1,4-5,14-19H2. The lowest BCUT2D eigenvalue weighted by atomic mass is 10.2. The van der Waals surface area contributed by atoms with E-state index in [4.69, 9.17) is 0 Å². The molecular weight excluding hydrogens is 464 g/mol. The van der Waals surface area contributed by atoms with Gasteiger partial charge in [0.2, 0.25) is 10.0 Å². The zero-order valence-electron chi connectivity index (χ0n) is 19.5. The number of pyridine rings is 1. The van der Waals surface area contributed by atoms with Gasteiger partial charge in [0.1, 0.15) is 5.69 Å². The van der Waals surface area contributed by atoms with E-state index in [-0.39, 0.29) is 10.8 Å². The monoisotopic (exact) mass is 492 g/mol. The molecule has 2 aliphatic heterocycles. The van der Waals surface area contributed by atoms with Crippen molar-refractivity contribution in [2.45, 2.75) is 24.2 Å². The number of carbonyl (C=O) groups excluding carboxylic acids is 1. The maximum Gasteiger partial charge on any atom is 0.253 e. The van der Waals surface area contributed by atoms with Crippen LogP contribution in [0.15, 0.2) is 65.7 Å². The normalized spacial score (nSPS) is 17.4. The van der Waals surface area contributed by atoms with Crippen molar-refractivity contribution in [3.05, 3.63) is 66.4 Å². The molecule has 3 aromatic rings. The number of hydrogen-bond donors (Lipinski definition) is 0. The van der Waals surface area contributed by atoms with Crippen molar-refractivity contribution in [3.8, 4) is 11.4 Å². The number of aromatic nitrogens is 3. The summed E-state index contributed by atoms with van der Waals surface area (Å²) >= 11 is 0. The molecule has 0 spiro atoms. The van der Waals surface area contributed by atoms with Gasteiger partial charge in [-0.25, -0.2) is 8.42 Å². The molecule has 0 saturated carbocycles. The van der Waals surface area contributed by atoms with Gasteiger partial charge in [0.25, 0.3) is 5.91 Å². The Bertz CT molecular complexity index is 1250. The third-order valence-electron chi connectivity index (χ3n) is 6.52. The van der Waals surface area contributed by atoms with Crippen LogP contribution in [0.2, 0.25) is 0 Å². The number of anilines is 1. The first kappa shape index (κ1) is 23.4. The van der Waals surface area contributed by atoms with E-state index in [2.05, 4.69) is 20.1 Å². The number of piperazine rings is 1. The van der Waals surface area contributed by atoms with Crippen molar-refractivity contribution in [1.29, 1.82) is 0 Å². The van der Waals surface area contributed by atoms with Gasteiger partial charge in [0.05, 0.1) is 10.6 Å². The Hall–Kier alpha value is -3.37. The van der Waals surface area contributed by atoms with Crippen molar-refractivity contribution in [2.75, 3.05) is 44.2 Å². The van der Waals surface area contributed by atoms with Gasteiger partial charge in [-0.2, -0.15) is 4.31 Å². The lowest BCUT2D eigenvalue weighted by Gasteiger charge is -2.35. The second-order valence-electron chi connectivity index (χ2n) is 8.76. The Morgan fingerprint density at radius 1 is 0.743 bits per heavy atom. The number of amides is 1. The molecule has 5 rings (SSSR count). The van der Waals surface area contributed by atoms with E-state index in [0.29, 0.717) is 50.5 Å². The zero-order chi connectivity index (χ0) is 24.3. The minimum atomic E-state index is -3.50. The van der Waals surface area contributed by atoms with E-state index in [1.807, 2.05) is 30.3 Å². The molecule has 9 nitrogen and oxygen atoms in total. The number of nitrogens with zero attached hydrogens (tertiary/aromatic N) is 6. The third kappa shape index (κ3) is 5.03. The number of hydrogen-bond acceptors (Lipinski definition) is 7. The van der Waals surface area contributed by atoms with E-state index in [0.717, 1.165) is 30.8 Å². The molecule has 0 atom stereocenters. The zero-order valence-corrected chi connectivity index (χ0v) is 20.3. The fraction of sp³-hybridized carbons (Fsp3) is 0.360. The van der Waals surface area contributed by atoms with Crippen LogP contribution in [0.3, 0.4) is 0 Å². The lowest BCUT2D eigenvalue weighted by molar-refractivity contribution is 0.0746. The largest absolute Gasteiger partial charge is 0.352 e. The fourth-order valence-corrected chi connectivity index (χ4v) is 6.01. The first-order chi connectivity index (χ1) is 17.0. The molecular formula is C25H28N6O3S. The third-order valence-corrected chi connectivity index (χ3v) is 8.44. The molecule has 1 aromatic carbocycles. The van der Waals surface area contributed by atoms with Crippen molar-refractivity contribution < 1.29 is 13.2 Å². The van der Waals surface area contributed by atoms with Crippen LogP contribution in [-0.4, -0.2) is 78.0 Å². The molecule has 2 aliphatic rings. The van der Waals surface area contributed by atoms with Crippen LogP contribution in [0.1, 0.15) is 29.6 Å². The lowest BCUT2D eigenvalue weighted by Crippen LogP contribution is -2.49. The van der Waals surface area contributed by atoms with Gasteiger partial charge in [0.15, 0.2) is 5.82 Å². The van der Waals surface area contributed by atoms with Gasteiger partial charge in [-0.3, -0.25) is 9.78 Å². The summed E-state index contributed by atoms with van der Waals surface area (Å²) in [5, 5.41) is 8.65. The van der Waals surface area contributed by atoms with Crippen molar-refractivity contribution >= 4 is 21.7 Å². The van der Waals surface area contributed by atoms with Crippen LogP contribution in [0.5, 0.6) is 0 Å². The molecule has 0 bridgehead atoms. The number of sulfonamides is 1. The maximum atomic E-state index is 13.0. The Morgan fingerprint density at radius 2 is 1.49 bits per heavy atom. The van der Waals surface area contributed by atoms with Crippen molar-refractivity contribution in [1.82, 2.24) is 24.4 Å². The van der Waals surface area contributed by atoms with E-state index in [9.17, 15) is 13.2 Å². The minimum Gasteiger partial charge on any atom is -0.352 e. The second kappa shape index (κ2) is 10.1. The fourth-order valence-electron chi connectivity index (χ4n) is 4.49. The van der Waals surface area contributed by atoms with Crippen molar-refractivity contribution in [2.24, 2.45) is 0 Å². The molecule has 0 radical (unpaired) electrons. The van der Waals surface area contributed by atoms with Gasteiger partial charge in [0, 0.05) is 51.0 Å². The average molecular weight is 493 g/mol. The van der Waals surface area contributed by atoms with Crippen LogP contribution in [-0.2, 0) is 10.0 Å². The van der Waals surface area contributed by atoms with Gasteiger partial charge >= 0.3 is 0 Å². The van der Waals surface area contributed by atoms with Gasteiger partial charge < -0.3 is 9.80 Å². The molecule has 0 unspecified atom stereocenters. The van der Waals surface area contributed by atoms with Crippen LogP contribution in [0, 0.1) is 0 Å². The molecule has 182 valence electrons. The summed E-state index contributed by atoms with van der Waals surface area (Å²) in [6, 6.07) is 15.8. The van der Waals surface area contributed by atoms with E-state index >= 15 is 0 Å². The SMILES string of the molecule is O=C(c1ccc(S(=O)(=O)N2CCCCC2)cc1)N1CCN(c2ccc(-c3ccccn3)nn2)CC1. The Labute approximate surface area is 205 Å². The highest BCUT2D eigenvalue weighted by Gasteiger charge is 2.27. The van der Waals surface area contributed by atoms with Crippen molar-refractivity contribution in [3.63, 3.8) is 0 Å². The van der Waals surface area contributed by atoms with Gasteiger partial charge in [-0.1, -0.05) is 12.5 Å². The van der Waals surface area contributed by atoms with Crippen LogP contribution in [0.25, 0.3) is 11.4 Å². The number of benzene rings is 1. The highest BCUT2D eigenvalue weighted by atomic mass is 32.2. The van der Waals surface area contributed by atoms with E-state index < -0.39 is 10.0 Å². The maximum absolute atomic E-state index is 13.0. The summed E-state index contributed by atoms with van der Waals surface area (Å²) in [5.41, 5.74) is 1.99. The molecule has 0 N–H and O–H groups in total. The second-order valence-corrected chi connectivity index (χ2v) is 10.7. The molecule has 1 amide bonds. The average Bonchev–Trinajstić information content (AvgIpc) is 2.94. The number of carbonyl (C=O) groups is 1. The smallest absolute Gasteiger partial charge is 0.253 e. The summed E-state index contributed by atoms with van der Waals surface area (Å²) in [4.78, 5) is 21.5. The van der Waals surface area contributed by atoms with E-state index in [1.165, 1.54) is 0 Å². The first-order valence-electron chi connectivity index (χ1n) is 11.9. The summed E-state index contributed by atoms with van der Waals surface area (Å²) in [6.07, 6.45) is 4.57. The van der Waals surface area contributed by atoms with Gasteiger partial charge in [-0.05, 0) is 61.4 Å². The molecule has 2 aromatic heterocycles. The Kier molecular flexibility index (Phi) is 6.74. The summed E-state index contributed by atoms with van der Waals surface area (Å²) in [7, 11) is -3.50. The molecule has 0 aliphatic carbocycles. The first-order valence-corrected chi connectivity index (χ1v) is 13.4. The van der Waals surface area contributed by atoms with Crippen LogP contribution < -0.4 is 4.90 Å². The Balaban J connectivity index is 1.19. The number of piperidine rings is 1. The summed E-state index contributed by atoms with van der Waals surface area (Å²) in [6.45, 7) is 3.51. The molecule has 2 saturated heterocycles. The predicted molar refractivity (Wildman–Crippen MR) is 132 cm³/mol.